The van der Waals surface area contributed by atoms with Gasteiger partial charge in [0.1, 0.15) is 11.4 Å². The lowest BCUT2D eigenvalue weighted by atomic mass is 10.1. The fourth-order valence-electron chi connectivity index (χ4n) is 1.12. The second-order valence-electron chi connectivity index (χ2n) is 2.63. The minimum absolute atomic E-state index is 0.131. The summed E-state index contributed by atoms with van der Waals surface area (Å²) in [7, 11) is 0. The number of nitrogens with zero attached hydrogens (tertiary/aromatic N) is 1. The van der Waals surface area contributed by atoms with Crippen LogP contribution >= 0.6 is 0 Å². The van der Waals surface area contributed by atoms with Crippen molar-refractivity contribution in [1.82, 2.24) is 5.16 Å². The molecular weight excluding hydrogens is 168 g/mol. The van der Waals surface area contributed by atoms with Crippen molar-refractivity contribution in [2.45, 2.75) is 0 Å². The molecule has 0 aliphatic heterocycles. The number of benzene rings is 1. The zero-order valence-corrected chi connectivity index (χ0v) is 6.77. The highest BCUT2D eigenvalue weighted by atomic mass is 16.5. The van der Waals surface area contributed by atoms with Gasteiger partial charge >= 0.3 is 0 Å². The van der Waals surface area contributed by atoms with Crippen LogP contribution in [0.2, 0.25) is 0 Å². The molecule has 0 fully saturated rings. The van der Waals surface area contributed by atoms with Crippen LogP contribution in [-0.2, 0) is 0 Å². The number of rotatable bonds is 1. The number of nitrogens with two attached hydrogens (primary N) is 1. The molecule has 1 aromatic carbocycles. The Bertz CT molecular complexity index is 423. The van der Waals surface area contributed by atoms with Crippen LogP contribution in [0.4, 0.5) is 5.69 Å². The van der Waals surface area contributed by atoms with Crippen LogP contribution in [-0.4, -0.2) is 10.3 Å². The summed E-state index contributed by atoms with van der Waals surface area (Å²) in [5.74, 6) is 0.532. The summed E-state index contributed by atoms with van der Waals surface area (Å²) in [5.41, 5.74) is 6.55. The molecule has 0 radical (unpaired) electrons. The highest BCUT2D eigenvalue weighted by molar-refractivity contribution is 5.74. The third-order valence-electron chi connectivity index (χ3n) is 1.75. The van der Waals surface area contributed by atoms with Gasteiger partial charge in [-0.25, -0.2) is 0 Å². The molecule has 2 rings (SSSR count). The molecule has 0 saturated heterocycles. The molecular formula is C9H8N2O2. The predicted octanol–water partition coefficient (Wildman–Crippen LogP) is 1.63. The fourth-order valence-corrected chi connectivity index (χ4v) is 1.12. The second kappa shape index (κ2) is 2.82. The molecule has 4 heteroatoms. The van der Waals surface area contributed by atoms with Crippen LogP contribution in [0.25, 0.3) is 11.3 Å². The van der Waals surface area contributed by atoms with E-state index in [1.807, 2.05) is 0 Å². The number of aromatic hydroxyl groups is 1. The summed E-state index contributed by atoms with van der Waals surface area (Å²) >= 11 is 0. The van der Waals surface area contributed by atoms with E-state index in [2.05, 4.69) is 5.16 Å². The van der Waals surface area contributed by atoms with Crippen molar-refractivity contribution in [2.24, 2.45) is 0 Å². The first-order valence-electron chi connectivity index (χ1n) is 3.77. The highest BCUT2D eigenvalue weighted by Gasteiger charge is 2.10. The van der Waals surface area contributed by atoms with Crippen molar-refractivity contribution in [3.63, 3.8) is 0 Å². The topological polar surface area (TPSA) is 72.3 Å². The van der Waals surface area contributed by atoms with Gasteiger partial charge in [-0.1, -0.05) is 17.3 Å². The van der Waals surface area contributed by atoms with Crippen molar-refractivity contribution in [2.75, 3.05) is 5.73 Å². The number of phenolic OH excluding ortho intramolecular Hbond substituents is 1. The first-order valence-corrected chi connectivity index (χ1v) is 3.77. The molecule has 66 valence electrons. The molecule has 2 aromatic rings. The summed E-state index contributed by atoms with van der Waals surface area (Å²) in [5, 5.41) is 13.0. The van der Waals surface area contributed by atoms with Crippen LogP contribution in [0.1, 0.15) is 0 Å². The van der Waals surface area contributed by atoms with Crippen molar-refractivity contribution in [1.29, 1.82) is 0 Å². The number of hydrogen-bond acceptors (Lipinski definition) is 4. The molecule has 3 N–H and O–H groups in total. The number of para-hydroxylation sites is 1. The minimum Gasteiger partial charge on any atom is -0.507 e. The smallest absolute Gasteiger partial charge is 0.193 e. The van der Waals surface area contributed by atoms with Crippen molar-refractivity contribution in [3.8, 4) is 17.1 Å². The Morgan fingerprint density at radius 3 is 2.69 bits per heavy atom. The molecule has 13 heavy (non-hydrogen) atoms. The van der Waals surface area contributed by atoms with E-state index < -0.39 is 0 Å². The Balaban J connectivity index is 2.59. The summed E-state index contributed by atoms with van der Waals surface area (Å²) < 4.78 is 4.90. The van der Waals surface area contributed by atoms with Crippen LogP contribution in [0.15, 0.2) is 35.0 Å². The number of aromatic nitrogens is 1. The Morgan fingerprint density at radius 2 is 2.08 bits per heavy atom. The van der Waals surface area contributed by atoms with Crippen LogP contribution in [0.3, 0.4) is 0 Å². The quantitative estimate of drug-likeness (QED) is 0.692. The Kier molecular flexibility index (Phi) is 1.66. The van der Waals surface area contributed by atoms with Gasteiger partial charge in [0.25, 0.3) is 0 Å². The van der Waals surface area contributed by atoms with Gasteiger partial charge in [-0.3, -0.25) is 0 Å². The van der Waals surface area contributed by atoms with E-state index in [4.69, 9.17) is 10.3 Å². The van der Waals surface area contributed by atoms with Gasteiger partial charge in [-0.2, -0.15) is 0 Å². The SMILES string of the molecule is Nc1cnoc1-c1ccccc1O. The maximum absolute atomic E-state index is 9.46. The Labute approximate surface area is 74.6 Å². The fraction of sp³-hybridized carbons (Fsp3) is 0. The largest absolute Gasteiger partial charge is 0.507 e. The molecule has 0 aliphatic carbocycles. The molecule has 1 aromatic heterocycles. The molecule has 0 atom stereocenters. The van der Waals surface area contributed by atoms with E-state index in [0.717, 1.165) is 0 Å². The maximum Gasteiger partial charge on any atom is 0.193 e. The summed E-state index contributed by atoms with van der Waals surface area (Å²) in [6, 6.07) is 6.80. The molecule has 0 unspecified atom stereocenters. The van der Waals surface area contributed by atoms with E-state index in [0.29, 0.717) is 17.0 Å². The summed E-state index contributed by atoms with van der Waals surface area (Å²) in [6.07, 6.45) is 1.40. The molecule has 0 saturated carbocycles. The molecule has 1 heterocycles. The molecule has 0 aliphatic rings. The van der Waals surface area contributed by atoms with Gasteiger partial charge in [0.05, 0.1) is 11.8 Å². The van der Waals surface area contributed by atoms with Crippen molar-refractivity contribution >= 4 is 5.69 Å². The monoisotopic (exact) mass is 176 g/mol. The molecule has 0 bridgehead atoms. The van der Waals surface area contributed by atoms with Crippen molar-refractivity contribution in [3.05, 3.63) is 30.5 Å². The van der Waals surface area contributed by atoms with E-state index in [1.165, 1.54) is 6.20 Å². The third-order valence-corrected chi connectivity index (χ3v) is 1.75. The third kappa shape index (κ3) is 1.22. The number of anilines is 1. The average molecular weight is 176 g/mol. The summed E-state index contributed by atoms with van der Waals surface area (Å²) in [4.78, 5) is 0. The van der Waals surface area contributed by atoms with Gasteiger partial charge in [0.15, 0.2) is 5.76 Å². The lowest BCUT2D eigenvalue weighted by Crippen LogP contribution is -1.84. The standard InChI is InChI=1S/C9H8N2O2/c10-7-5-11-13-9(7)6-3-1-2-4-8(6)12/h1-5,12H,10H2. The van der Waals surface area contributed by atoms with Gasteiger partial charge in [0, 0.05) is 0 Å². The number of nitrogen functional groups attached to an aromatic ring is 1. The maximum atomic E-state index is 9.46. The second-order valence-corrected chi connectivity index (χ2v) is 2.63. The van der Waals surface area contributed by atoms with Gasteiger partial charge in [0.2, 0.25) is 0 Å². The Hall–Kier alpha value is -1.97. The van der Waals surface area contributed by atoms with Crippen LogP contribution < -0.4 is 5.73 Å². The lowest BCUT2D eigenvalue weighted by Gasteiger charge is -1.99. The van der Waals surface area contributed by atoms with Crippen LogP contribution in [0.5, 0.6) is 5.75 Å². The van der Waals surface area contributed by atoms with E-state index in [-0.39, 0.29) is 5.75 Å². The minimum atomic E-state index is 0.131. The molecule has 0 spiro atoms. The van der Waals surface area contributed by atoms with Crippen molar-refractivity contribution < 1.29 is 9.63 Å². The van der Waals surface area contributed by atoms with Gasteiger partial charge in [-0.15, -0.1) is 0 Å². The number of hydrogen-bond donors (Lipinski definition) is 2. The normalized spacial score (nSPS) is 10.2. The van der Waals surface area contributed by atoms with E-state index in [1.54, 1.807) is 24.3 Å². The lowest BCUT2D eigenvalue weighted by molar-refractivity contribution is 0.426. The first kappa shape index (κ1) is 7.67. The zero-order valence-electron chi connectivity index (χ0n) is 6.77. The highest BCUT2D eigenvalue weighted by Crippen LogP contribution is 2.32. The summed E-state index contributed by atoms with van der Waals surface area (Å²) in [6.45, 7) is 0. The average Bonchev–Trinajstić information content (AvgIpc) is 2.52. The van der Waals surface area contributed by atoms with E-state index >= 15 is 0 Å². The zero-order chi connectivity index (χ0) is 9.26. The van der Waals surface area contributed by atoms with Crippen LogP contribution in [0, 0.1) is 0 Å². The predicted molar refractivity (Wildman–Crippen MR) is 48.0 cm³/mol. The molecule has 4 nitrogen and oxygen atoms in total. The number of phenols is 1. The van der Waals surface area contributed by atoms with Gasteiger partial charge < -0.3 is 15.4 Å². The Morgan fingerprint density at radius 1 is 1.31 bits per heavy atom. The first-order chi connectivity index (χ1) is 6.29. The van der Waals surface area contributed by atoms with E-state index in [9.17, 15) is 5.11 Å². The van der Waals surface area contributed by atoms with Gasteiger partial charge in [-0.05, 0) is 12.1 Å². The molecule has 0 amide bonds.